The molecule has 3 rings (SSSR count). The third-order valence-electron chi connectivity index (χ3n) is 3.57. The van der Waals surface area contributed by atoms with Crippen molar-refractivity contribution in [2.75, 3.05) is 18.6 Å². The Balaban J connectivity index is 1.94. The van der Waals surface area contributed by atoms with Gasteiger partial charge in [0.15, 0.2) is 0 Å². The van der Waals surface area contributed by atoms with Gasteiger partial charge in [0.2, 0.25) is 5.91 Å². The molecule has 4 nitrogen and oxygen atoms in total. The zero-order valence-corrected chi connectivity index (χ0v) is 12.5. The van der Waals surface area contributed by atoms with E-state index in [0.29, 0.717) is 12.4 Å². The summed E-state index contributed by atoms with van der Waals surface area (Å²) in [7, 11) is 1.77. The maximum Gasteiger partial charge on any atom is 0.233 e. The fraction of sp³-hybridized carbons (Fsp3) is 0.222. The van der Waals surface area contributed by atoms with Crippen molar-refractivity contribution >= 4 is 11.6 Å². The molecule has 1 aromatic heterocycles. The first kappa shape index (κ1) is 14.2. The Kier molecular flexibility index (Phi) is 3.80. The molecule has 0 fully saturated rings. The third kappa shape index (κ3) is 2.79. The van der Waals surface area contributed by atoms with Gasteiger partial charge in [0.25, 0.3) is 0 Å². The first-order chi connectivity index (χ1) is 10.6. The van der Waals surface area contributed by atoms with Crippen molar-refractivity contribution in [2.24, 2.45) is 5.92 Å². The van der Waals surface area contributed by atoms with E-state index >= 15 is 0 Å². The lowest BCUT2D eigenvalue weighted by Gasteiger charge is -2.17. The second-order valence-corrected chi connectivity index (χ2v) is 5.28. The Bertz CT molecular complexity index is 760. The summed E-state index contributed by atoms with van der Waals surface area (Å²) < 4.78 is 5.70. The van der Waals surface area contributed by atoms with Gasteiger partial charge in [-0.25, -0.2) is 0 Å². The van der Waals surface area contributed by atoms with Gasteiger partial charge in [-0.2, -0.15) is 0 Å². The predicted molar refractivity (Wildman–Crippen MR) is 84.7 cm³/mol. The van der Waals surface area contributed by atoms with Gasteiger partial charge in [-0.1, -0.05) is 18.8 Å². The van der Waals surface area contributed by atoms with Crippen LogP contribution in [0.15, 0.2) is 42.7 Å². The molecule has 0 N–H and O–H groups in total. The second-order valence-electron chi connectivity index (χ2n) is 5.28. The number of amides is 1. The number of anilines is 1. The molecular weight excluding hydrogens is 276 g/mol. The van der Waals surface area contributed by atoms with Gasteiger partial charge < -0.3 is 9.64 Å². The fourth-order valence-electron chi connectivity index (χ4n) is 2.30. The molecule has 0 unspecified atom stereocenters. The maximum absolute atomic E-state index is 12.2. The van der Waals surface area contributed by atoms with E-state index in [0.717, 1.165) is 16.8 Å². The van der Waals surface area contributed by atoms with Crippen LogP contribution in [0, 0.1) is 17.8 Å². The molecule has 0 spiro atoms. The summed E-state index contributed by atoms with van der Waals surface area (Å²) in [6.07, 6.45) is 3.43. The summed E-state index contributed by atoms with van der Waals surface area (Å²) in [5.41, 5.74) is 2.44. The Hall–Kier alpha value is -2.80. The van der Waals surface area contributed by atoms with Gasteiger partial charge in [-0.15, -0.1) is 0 Å². The summed E-state index contributed by atoms with van der Waals surface area (Å²) in [5.74, 6) is 6.77. The van der Waals surface area contributed by atoms with E-state index in [-0.39, 0.29) is 11.8 Å². The molecule has 110 valence electrons. The average molecular weight is 292 g/mol. The molecule has 2 aromatic rings. The molecule has 0 saturated heterocycles. The largest absolute Gasteiger partial charge is 0.491 e. The fourth-order valence-corrected chi connectivity index (χ4v) is 2.30. The first-order valence-electron chi connectivity index (χ1n) is 7.11. The standard InChI is InChI=1S/C18H16N2O2/c1-13-12-22-17-8-7-14(10-16(17)20(2)18(13)21)5-6-15-4-3-9-19-11-15/h3-4,7-11,13H,12H2,1-2H3/t13-/m0/s1. The Labute approximate surface area is 129 Å². The summed E-state index contributed by atoms with van der Waals surface area (Å²) in [5, 5.41) is 0. The highest BCUT2D eigenvalue weighted by Crippen LogP contribution is 2.32. The molecule has 22 heavy (non-hydrogen) atoms. The van der Waals surface area contributed by atoms with Gasteiger partial charge in [0, 0.05) is 30.6 Å². The zero-order chi connectivity index (χ0) is 15.5. The maximum atomic E-state index is 12.2. The number of carbonyl (C=O) groups excluding carboxylic acids is 1. The Morgan fingerprint density at radius 3 is 2.86 bits per heavy atom. The second kappa shape index (κ2) is 5.90. The highest BCUT2D eigenvalue weighted by atomic mass is 16.5. The highest BCUT2D eigenvalue weighted by Gasteiger charge is 2.25. The van der Waals surface area contributed by atoms with Gasteiger partial charge in [0.1, 0.15) is 5.75 Å². The monoisotopic (exact) mass is 292 g/mol. The molecule has 2 heterocycles. The highest BCUT2D eigenvalue weighted by molar-refractivity contribution is 5.96. The molecule has 0 saturated carbocycles. The predicted octanol–water partition coefficient (Wildman–Crippen LogP) is 2.47. The smallest absolute Gasteiger partial charge is 0.233 e. The number of fused-ring (bicyclic) bond motifs is 1. The summed E-state index contributed by atoms with van der Waals surface area (Å²) in [6, 6.07) is 9.40. The molecule has 1 atom stereocenters. The van der Waals surface area contributed by atoms with E-state index in [2.05, 4.69) is 16.8 Å². The average Bonchev–Trinajstić information content (AvgIpc) is 2.66. The van der Waals surface area contributed by atoms with Crippen LogP contribution in [0.2, 0.25) is 0 Å². The number of aromatic nitrogens is 1. The van der Waals surface area contributed by atoms with Crippen molar-refractivity contribution in [1.82, 2.24) is 4.98 Å². The molecule has 1 aliphatic heterocycles. The van der Waals surface area contributed by atoms with E-state index in [1.54, 1.807) is 24.3 Å². The SMILES string of the molecule is C[C@H]1COc2ccc(C#Cc3cccnc3)cc2N(C)C1=O. The van der Waals surface area contributed by atoms with E-state index in [4.69, 9.17) is 4.74 Å². The molecule has 0 radical (unpaired) electrons. The lowest BCUT2D eigenvalue weighted by molar-refractivity contribution is -0.122. The first-order valence-corrected chi connectivity index (χ1v) is 7.11. The van der Waals surface area contributed by atoms with E-state index in [1.165, 1.54) is 0 Å². The summed E-state index contributed by atoms with van der Waals surface area (Å²) in [4.78, 5) is 17.9. The lowest BCUT2D eigenvalue weighted by atomic mass is 10.1. The Morgan fingerprint density at radius 2 is 2.09 bits per heavy atom. The van der Waals surface area contributed by atoms with Crippen LogP contribution in [0.5, 0.6) is 5.75 Å². The summed E-state index contributed by atoms with van der Waals surface area (Å²) in [6.45, 7) is 2.27. The molecule has 1 aromatic carbocycles. The molecule has 1 aliphatic rings. The molecular formula is C18H16N2O2. The van der Waals surface area contributed by atoms with Crippen molar-refractivity contribution in [3.05, 3.63) is 53.9 Å². The summed E-state index contributed by atoms with van der Waals surface area (Å²) >= 11 is 0. The number of rotatable bonds is 0. The van der Waals surface area contributed by atoms with Crippen molar-refractivity contribution in [3.63, 3.8) is 0 Å². The number of benzene rings is 1. The van der Waals surface area contributed by atoms with Gasteiger partial charge in [-0.3, -0.25) is 9.78 Å². The van der Waals surface area contributed by atoms with Crippen molar-refractivity contribution in [2.45, 2.75) is 6.92 Å². The van der Waals surface area contributed by atoms with E-state index in [1.807, 2.05) is 37.3 Å². The molecule has 0 aliphatic carbocycles. The van der Waals surface area contributed by atoms with Crippen LogP contribution in [0.3, 0.4) is 0 Å². The topological polar surface area (TPSA) is 42.4 Å². The van der Waals surface area contributed by atoms with Crippen molar-refractivity contribution in [3.8, 4) is 17.6 Å². The molecule has 0 bridgehead atoms. The Morgan fingerprint density at radius 1 is 1.27 bits per heavy atom. The minimum Gasteiger partial charge on any atom is -0.491 e. The van der Waals surface area contributed by atoms with Crippen molar-refractivity contribution < 1.29 is 9.53 Å². The lowest BCUT2D eigenvalue weighted by Crippen LogP contribution is -2.31. The van der Waals surface area contributed by atoms with Gasteiger partial charge >= 0.3 is 0 Å². The third-order valence-corrected chi connectivity index (χ3v) is 3.57. The normalized spacial score (nSPS) is 16.9. The van der Waals surface area contributed by atoms with Gasteiger partial charge in [-0.05, 0) is 30.3 Å². The van der Waals surface area contributed by atoms with Crippen molar-refractivity contribution in [1.29, 1.82) is 0 Å². The number of ether oxygens (including phenoxy) is 1. The van der Waals surface area contributed by atoms with Crippen LogP contribution in [-0.4, -0.2) is 24.5 Å². The minimum atomic E-state index is -0.151. The number of nitrogens with zero attached hydrogens (tertiary/aromatic N) is 2. The van der Waals surface area contributed by atoms with Crippen LogP contribution >= 0.6 is 0 Å². The minimum absolute atomic E-state index is 0.0520. The van der Waals surface area contributed by atoms with Crippen LogP contribution in [0.1, 0.15) is 18.1 Å². The van der Waals surface area contributed by atoms with Gasteiger partial charge in [0.05, 0.1) is 18.2 Å². The van der Waals surface area contributed by atoms with Crippen LogP contribution in [0.4, 0.5) is 5.69 Å². The number of hydrogen-bond donors (Lipinski definition) is 0. The number of carbonyl (C=O) groups is 1. The van der Waals surface area contributed by atoms with Crippen LogP contribution in [-0.2, 0) is 4.79 Å². The van der Waals surface area contributed by atoms with Crippen LogP contribution < -0.4 is 9.64 Å². The number of pyridine rings is 1. The quantitative estimate of drug-likeness (QED) is 0.701. The zero-order valence-electron chi connectivity index (χ0n) is 12.5. The number of hydrogen-bond acceptors (Lipinski definition) is 3. The van der Waals surface area contributed by atoms with Crippen LogP contribution in [0.25, 0.3) is 0 Å². The van der Waals surface area contributed by atoms with E-state index < -0.39 is 0 Å². The van der Waals surface area contributed by atoms with E-state index in [9.17, 15) is 4.79 Å². The molecule has 4 heteroatoms. The molecule has 1 amide bonds.